The Kier molecular flexibility index (Phi) is 3.94. The normalized spacial score (nSPS) is 9.68. The van der Waals surface area contributed by atoms with E-state index in [9.17, 15) is 4.79 Å². The van der Waals surface area contributed by atoms with Crippen molar-refractivity contribution in [2.45, 2.75) is 13.3 Å². The highest BCUT2D eigenvalue weighted by molar-refractivity contribution is 6.04. The Bertz CT molecular complexity index is 624. The molecule has 0 atom stereocenters. The fourth-order valence-corrected chi connectivity index (χ4v) is 1.77. The van der Waals surface area contributed by atoms with Crippen LogP contribution in [0, 0.1) is 18.3 Å². The van der Waals surface area contributed by atoms with Gasteiger partial charge in [-0.1, -0.05) is 30.3 Å². The number of anilines is 1. The van der Waals surface area contributed by atoms with Crippen LogP contribution in [0.15, 0.2) is 48.5 Å². The summed E-state index contributed by atoms with van der Waals surface area (Å²) in [4.78, 5) is 12.1. The molecule has 1 amide bonds. The van der Waals surface area contributed by atoms with Crippen molar-refractivity contribution in [3.05, 3.63) is 65.2 Å². The molecule has 0 saturated carbocycles. The molecule has 0 heterocycles. The van der Waals surface area contributed by atoms with Gasteiger partial charge in [0.05, 0.1) is 12.5 Å². The lowest BCUT2D eigenvalue weighted by Crippen LogP contribution is -2.12. The van der Waals surface area contributed by atoms with Crippen LogP contribution in [0.5, 0.6) is 0 Å². The molecule has 0 aliphatic heterocycles. The van der Waals surface area contributed by atoms with Crippen LogP contribution in [-0.2, 0) is 6.42 Å². The second kappa shape index (κ2) is 5.83. The molecule has 0 radical (unpaired) electrons. The van der Waals surface area contributed by atoms with Gasteiger partial charge in [-0.2, -0.15) is 5.26 Å². The molecular weight excluding hydrogens is 236 g/mol. The molecule has 1 N–H and O–H groups in total. The third kappa shape index (κ3) is 3.20. The van der Waals surface area contributed by atoms with Crippen molar-refractivity contribution in [3.8, 4) is 6.07 Å². The number of nitriles is 1. The quantitative estimate of drug-likeness (QED) is 0.908. The molecule has 0 unspecified atom stereocenters. The molecule has 0 aromatic heterocycles. The third-order valence-corrected chi connectivity index (χ3v) is 2.89. The summed E-state index contributed by atoms with van der Waals surface area (Å²) < 4.78 is 0. The zero-order chi connectivity index (χ0) is 13.7. The van der Waals surface area contributed by atoms with Gasteiger partial charge < -0.3 is 5.32 Å². The Balaban J connectivity index is 2.12. The zero-order valence-electron chi connectivity index (χ0n) is 10.7. The minimum Gasteiger partial charge on any atom is -0.322 e. The highest BCUT2D eigenvalue weighted by atomic mass is 16.1. The summed E-state index contributed by atoms with van der Waals surface area (Å²) in [5.41, 5.74) is 3.34. The Morgan fingerprint density at radius 2 is 1.84 bits per heavy atom. The van der Waals surface area contributed by atoms with Crippen molar-refractivity contribution in [1.29, 1.82) is 5.26 Å². The van der Waals surface area contributed by atoms with Crippen LogP contribution < -0.4 is 5.32 Å². The van der Waals surface area contributed by atoms with Gasteiger partial charge in [-0.25, -0.2) is 0 Å². The molecule has 2 rings (SSSR count). The molecule has 0 bridgehead atoms. The largest absolute Gasteiger partial charge is 0.322 e. The maximum absolute atomic E-state index is 12.1. The van der Waals surface area contributed by atoms with E-state index in [4.69, 9.17) is 5.26 Å². The number of carbonyl (C=O) groups excluding carboxylic acids is 1. The summed E-state index contributed by atoms with van der Waals surface area (Å²) >= 11 is 0. The first-order valence-electron chi connectivity index (χ1n) is 6.03. The monoisotopic (exact) mass is 250 g/mol. The van der Waals surface area contributed by atoms with E-state index in [1.54, 1.807) is 24.3 Å². The smallest absolute Gasteiger partial charge is 0.255 e. The number of rotatable bonds is 3. The molecule has 2 aromatic rings. The van der Waals surface area contributed by atoms with Gasteiger partial charge in [0, 0.05) is 11.3 Å². The van der Waals surface area contributed by atoms with Crippen molar-refractivity contribution in [2.24, 2.45) is 0 Å². The number of hydrogen-bond acceptors (Lipinski definition) is 2. The molecule has 0 saturated heterocycles. The van der Waals surface area contributed by atoms with E-state index in [1.807, 2.05) is 31.2 Å². The molecule has 3 nitrogen and oxygen atoms in total. The number of benzene rings is 2. The molecular formula is C16H14N2O. The van der Waals surface area contributed by atoms with Crippen LogP contribution in [0.1, 0.15) is 21.5 Å². The fraction of sp³-hybridized carbons (Fsp3) is 0.125. The van der Waals surface area contributed by atoms with Gasteiger partial charge in [-0.3, -0.25) is 4.79 Å². The first-order chi connectivity index (χ1) is 9.20. The van der Waals surface area contributed by atoms with Gasteiger partial charge in [0.15, 0.2) is 0 Å². The van der Waals surface area contributed by atoms with Crippen LogP contribution in [0.25, 0.3) is 0 Å². The van der Waals surface area contributed by atoms with Gasteiger partial charge >= 0.3 is 0 Å². The number of para-hydroxylation sites is 1. The van der Waals surface area contributed by atoms with Gasteiger partial charge in [-0.15, -0.1) is 0 Å². The van der Waals surface area contributed by atoms with E-state index in [0.717, 1.165) is 16.8 Å². The SMILES string of the molecule is Cc1ccccc1NC(=O)c1ccc(CC#N)cc1. The highest BCUT2D eigenvalue weighted by Gasteiger charge is 2.07. The Hall–Kier alpha value is -2.60. The summed E-state index contributed by atoms with van der Waals surface area (Å²) in [6, 6.07) is 16.8. The number of aryl methyl sites for hydroxylation is 1. The van der Waals surface area contributed by atoms with E-state index < -0.39 is 0 Å². The van der Waals surface area contributed by atoms with Crippen LogP contribution in [-0.4, -0.2) is 5.91 Å². The van der Waals surface area contributed by atoms with Crippen LogP contribution in [0.3, 0.4) is 0 Å². The lowest BCUT2D eigenvalue weighted by atomic mass is 10.1. The maximum Gasteiger partial charge on any atom is 0.255 e. The lowest BCUT2D eigenvalue weighted by Gasteiger charge is -2.08. The number of nitrogens with one attached hydrogen (secondary N) is 1. The van der Waals surface area contributed by atoms with Crippen molar-refractivity contribution in [3.63, 3.8) is 0 Å². The van der Waals surface area contributed by atoms with E-state index >= 15 is 0 Å². The molecule has 19 heavy (non-hydrogen) atoms. The molecule has 0 spiro atoms. The summed E-state index contributed by atoms with van der Waals surface area (Å²) in [6.07, 6.45) is 0.361. The topological polar surface area (TPSA) is 52.9 Å². The van der Waals surface area contributed by atoms with E-state index in [0.29, 0.717) is 12.0 Å². The predicted octanol–water partition coefficient (Wildman–Crippen LogP) is 3.31. The number of hydrogen-bond donors (Lipinski definition) is 1. The van der Waals surface area contributed by atoms with Crippen molar-refractivity contribution >= 4 is 11.6 Å². The van der Waals surface area contributed by atoms with Crippen molar-refractivity contribution < 1.29 is 4.79 Å². The number of amides is 1. The molecule has 94 valence electrons. The molecule has 3 heteroatoms. The number of nitrogens with zero attached hydrogens (tertiary/aromatic N) is 1. The number of carbonyl (C=O) groups is 1. The molecule has 2 aromatic carbocycles. The van der Waals surface area contributed by atoms with Crippen LogP contribution >= 0.6 is 0 Å². The molecule has 0 aliphatic rings. The minimum atomic E-state index is -0.141. The second-order valence-corrected chi connectivity index (χ2v) is 4.30. The van der Waals surface area contributed by atoms with E-state index in [1.165, 1.54) is 0 Å². The minimum absolute atomic E-state index is 0.141. The van der Waals surface area contributed by atoms with Crippen LogP contribution in [0.4, 0.5) is 5.69 Å². The van der Waals surface area contributed by atoms with Gasteiger partial charge in [-0.05, 0) is 36.2 Å². The standard InChI is InChI=1S/C16H14N2O/c1-12-4-2-3-5-15(12)18-16(19)14-8-6-13(7-9-14)10-11-17/h2-9H,10H2,1H3,(H,18,19). The second-order valence-electron chi connectivity index (χ2n) is 4.30. The van der Waals surface area contributed by atoms with Gasteiger partial charge in [0.2, 0.25) is 0 Å². The zero-order valence-corrected chi connectivity index (χ0v) is 10.7. The average Bonchev–Trinajstić information content (AvgIpc) is 2.42. The van der Waals surface area contributed by atoms with Gasteiger partial charge in [0.25, 0.3) is 5.91 Å². The summed E-state index contributed by atoms with van der Waals surface area (Å²) in [7, 11) is 0. The van der Waals surface area contributed by atoms with Gasteiger partial charge in [0.1, 0.15) is 0 Å². The van der Waals surface area contributed by atoms with Crippen LogP contribution in [0.2, 0.25) is 0 Å². The third-order valence-electron chi connectivity index (χ3n) is 2.89. The van der Waals surface area contributed by atoms with E-state index in [-0.39, 0.29) is 5.91 Å². The highest BCUT2D eigenvalue weighted by Crippen LogP contribution is 2.15. The first kappa shape index (κ1) is 12.8. The van der Waals surface area contributed by atoms with E-state index in [2.05, 4.69) is 11.4 Å². The Morgan fingerprint density at radius 1 is 1.16 bits per heavy atom. The summed E-state index contributed by atoms with van der Waals surface area (Å²) in [5, 5.41) is 11.5. The average molecular weight is 250 g/mol. The lowest BCUT2D eigenvalue weighted by molar-refractivity contribution is 0.102. The summed E-state index contributed by atoms with van der Waals surface area (Å²) in [5.74, 6) is -0.141. The molecule has 0 aliphatic carbocycles. The first-order valence-corrected chi connectivity index (χ1v) is 6.03. The van der Waals surface area contributed by atoms with Crippen molar-refractivity contribution in [1.82, 2.24) is 0 Å². The summed E-state index contributed by atoms with van der Waals surface area (Å²) in [6.45, 7) is 1.95. The molecule has 0 fully saturated rings. The van der Waals surface area contributed by atoms with Crippen molar-refractivity contribution in [2.75, 3.05) is 5.32 Å². The fourth-order valence-electron chi connectivity index (χ4n) is 1.77. The predicted molar refractivity (Wildman–Crippen MR) is 74.9 cm³/mol. The Labute approximate surface area is 112 Å². The maximum atomic E-state index is 12.1. The Morgan fingerprint density at radius 3 is 2.47 bits per heavy atom.